The maximum absolute atomic E-state index is 12.2. The maximum atomic E-state index is 12.2. The molecule has 4 heteroatoms. The molecule has 2 aliphatic rings. The van der Waals surface area contributed by atoms with E-state index in [9.17, 15) is 4.79 Å². The molecule has 0 saturated carbocycles. The third-order valence-electron chi connectivity index (χ3n) is 4.99. The van der Waals surface area contributed by atoms with Crippen LogP contribution in [-0.4, -0.2) is 16.8 Å². The fourth-order valence-electron chi connectivity index (χ4n) is 3.58. The predicted molar refractivity (Wildman–Crippen MR) is 93.1 cm³/mol. The minimum absolute atomic E-state index is 0.0572. The number of rotatable bonds is 5. The summed E-state index contributed by atoms with van der Waals surface area (Å²) in [6, 6.07) is 4.14. The van der Waals surface area contributed by atoms with Crippen molar-refractivity contribution in [3.63, 3.8) is 0 Å². The summed E-state index contributed by atoms with van der Waals surface area (Å²) in [5.41, 5.74) is 2.50. The Morgan fingerprint density at radius 3 is 2.77 bits per heavy atom. The number of anilines is 1. The van der Waals surface area contributed by atoms with Crippen LogP contribution in [0.4, 0.5) is 5.69 Å². The number of hydrogen-bond donors (Lipinski definition) is 1. The lowest BCUT2D eigenvalue weighted by molar-refractivity contribution is -0.119. The molecule has 22 heavy (non-hydrogen) atoms. The van der Waals surface area contributed by atoms with Gasteiger partial charge in [-0.3, -0.25) is 4.79 Å². The van der Waals surface area contributed by atoms with E-state index in [2.05, 4.69) is 34.2 Å². The average Bonchev–Trinajstić information content (AvgIpc) is 2.95. The minimum Gasteiger partial charge on any atom is -0.485 e. The van der Waals surface area contributed by atoms with Crippen molar-refractivity contribution >= 4 is 27.5 Å². The number of unbranched alkanes of at least 4 members (excludes halogenated alkanes) is 2. The Hall–Kier alpha value is -1.03. The molecular weight excluding hydrogens is 342 g/mol. The number of halogens is 1. The Kier molecular flexibility index (Phi) is 4.00. The zero-order valence-corrected chi connectivity index (χ0v) is 15.2. The van der Waals surface area contributed by atoms with Crippen LogP contribution in [0.15, 0.2) is 12.1 Å². The molecule has 120 valence electrons. The van der Waals surface area contributed by atoms with Gasteiger partial charge in [0, 0.05) is 23.0 Å². The number of hydrogen-bond acceptors (Lipinski definition) is 2. The zero-order chi connectivity index (χ0) is 16.0. The summed E-state index contributed by atoms with van der Waals surface area (Å²) in [5.74, 6) is 0.999. The number of benzene rings is 1. The molecule has 0 aromatic heterocycles. The van der Waals surface area contributed by atoms with Gasteiger partial charge in [-0.1, -0.05) is 41.8 Å². The molecule has 2 heterocycles. The lowest BCUT2D eigenvalue weighted by atomic mass is 9.84. The third kappa shape index (κ3) is 2.36. The average molecular weight is 366 g/mol. The van der Waals surface area contributed by atoms with Crippen molar-refractivity contribution in [2.45, 2.75) is 63.9 Å². The molecule has 0 radical (unpaired) electrons. The Morgan fingerprint density at radius 2 is 2.09 bits per heavy atom. The molecule has 1 N–H and O–H groups in total. The zero-order valence-electron chi connectivity index (χ0n) is 13.6. The monoisotopic (exact) mass is 365 g/mol. The number of amides is 1. The molecule has 1 aromatic carbocycles. The van der Waals surface area contributed by atoms with Crippen LogP contribution in [-0.2, 0) is 16.6 Å². The van der Waals surface area contributed by atoms with Crippen molar-refractivity contribution in [1.29, 1.82) is 0 Å². The van der Waals surface area contributed by atoms with E-state index in [4.69, 9.17) is 4.74 Å². The van der Waals surface area contributed by atoms with Crippen molar-refractivity contribution in [3.8, 4) is 5.75 Å². The molecule has 1 atom stereocenters. The molecule has 3 nitrogen and oxygen atoms in total. The smallest absolute Gasteiger partial charge is 0.234 e. The molecule has 0 bridgehead atoms. The van der Waals surface area contributed by atoms with Gasteiger partial charge in [0.1, 0.15) is 11.4 Å². The molecule has 0 fully saturated rings. The van der Waals surface area contributed by atoms with Crippen LogP contribution in [0.5, 0.6) is 5.75 Å². The van der Waals surface area contributed by atoms with E-state index >= 15 is 0 Å². The summed E-state index contributed by atoms with van der Waals surface area (Å²) < 4.78 is 6.48. The summed E-state index contributed by atoms with van der Waals surface area (Å²) >= 11 is 3.66. The molecule has 1 amide bonds. The van der Waals surface area contributed by atoms with Crippen LogP contribution in [0.2, 0.25) is 0 Å². The summed E-state index contributed by atoms with van der Waals surface area (Å²) in [5, 5.41) is 3.81. The highest BCUT2D eigenvalue weighted by atomic mass is 79.9. The second-order valence-corrected chi connectivity index (χ2v) is 7.67. The first-order valence-electron chi connectivity index (χ1n) is 8.16. The van der Waals surface area contributed by atoms with Crippen LogP contribution in [0.25, 0.3) is 0 Å². The number of nitrogens with one attached hydrogen (secondary N) is 1. The first-order chi connectivity index (χ1) is 10.4. The molecule has 1 unspecified atom stereocenters. The van der Waals surface area contributed by atoms with Gasteiger partial charge in [0.2, 0.25) is 5.91 Å². The van der Waals surface area contributed by atoms with Gasteiger partial charge in [-0.05, 0) is 38.3 Å². The van der Waals surface area contributed by atoms with E-state index in [1.807, 2.05) is 19.9 Å². The van der Waals surface area contributed by atoms with Gasteiger partial charge in [0.25, 0.3) is 0 Å². The molecule has 1 aromatic rings. The second-order valence-electron chi connectivity index (χ2n) is 7.11. The Morgan fingerprint density at radius 1 is 1.32 bits per heavy atom. The minimum atomic E-state index is -0.521. The van der Waals surface area contributed by atoms with Crippen LogP contribution in [0, 0.1) is 0 Å². The normalized spacial score (nSPS) is 24.6. The third-order valence-corrected chi connectivity index (χ3v) is 6.01. The topological polar surface area (TPSA) is 38.3 Å². The number of fused-ring (bicyclic) bond motifs is 3. The first-order valence-corrected chi connectivity index (χ1v) is 9.28. The van der Waals surface area contributed by atoms with E-state index in [0.29, 0.717) is 0 Å². The summed E-state index contributed by atoms with van der Waals surface area (Å²) in [6.45, 7) is 6.17. The van der Waals surface area contributed by atoms with E-state index in [1.165, 1.54) is 24.8 Å². The Bertz CT molecular complexity index is 611. The SMILES string of the molecule is CCCCCC1(CBr)Cc2ccc3c(c2O1)C(C)(C)C(=O)N3. The van der Waals surface area contributed by atoms with Gasteiger partial charge < -0.3 is 10.1 Å². The van der Waals surface area contributed by atoms with Gasteiger partial charge in [0.15, 0.2) is 0 Å². The largest absolute Gasteiger partial charge is 0.485 e. The van der Waals surface area contributed by atoms with Crippen LogP contribution >= 0.6 is 15.9 Å². The summed E-state index contributed by atoms with van der Waals surface area (Å²) in [7, 11) is 0. The lowest BCUT2D eigenvalue weighted by Gasteiger charge is -2.28. The highest BCUT2D eigenvalue weighted by Crippen LogP contribution is 2.50. The summed E-state index contributed by atoms with van der Waals surface area (Å²) in [4.78, 5) is 12.2. The van der Waals surface area contributed by atoms with Crippen molar-refractivity contribution < 1.29 is 9.53 Å². The quantitative estimate of drug-likeness (QED) is 0.613. The van der Waals surface area contributed by atoms with Crippen molar-refractivity contribution in [3.05, 3.63) is 23.3 Å². The highest BCUT2D eigenvalue weighted by molar-refractivity contribution is 9.09. The van der Waals surface area contributed by atoms with Crippen LogP contribution in [0.1, 0.15) is 57.6 Å². The highest BCUT2D eigenvalue weighted by Gasteiger charge is 2.47. The second kappa shape index (κ2) is 5.55. The maximum Gasteiger partial charge on any atom is 0.234 e. The molecule has 0 saturated heterocycles. The van der Waals surface area contributed by atoms with E-state index in [1.54, 1.807) is 0 Å². The van der Waals surface area contributed by atoms with Gasteiger partial charge in [-0.25, -0.2) is 0 Å². The molecule has 0 aliphatic carbocycles. The van der Waals surface area contributed by atoms with E-state index in [-0.39, 0.29) is 11.5 Å². The van der Waals surface area contributed by atoms with Gasteiger partial charge in [-0.2, -0.15) is 0 Å². The predicted octanol–water partition coefficient (Wildman–Crippen LogP) is 4.57. The fraction of sp³-hybridized carbons (Fsp3) is 0.611. The Labute approximate surface area is 140 Å². The van der Waals surface area contributed by atoms with E-state index < -0.39 is 5.41 Å². The Balaban J connectivity index is 1.94. The lowest BCUT2D eigenvalue weighted by Crippen LogP contribution is -2.36. The van der Waals surface area contributed by atoms with E-state index in [0.717, 1.165) is 35.2 Å². The van der Waals surface area contributed by atoms with Crippen molar-refractivity contribution in [1.82, 2.24) is 0 Å². The first kappa shape index (κ1) is 15.9. The molecule has 3 rings (SSSR count). The molecule has 0 spiro atoms. The fourth-order valence-corrected chi connectivity index (χ4v) is 4.17. The van der Waals surface area contributed by atoms with Crippen LogP contribution in [0.3, 0.4) is 0 Å². The van der Waals surface area contributed by atoms with Crippen LogP contribution < -0.4 is 10.1 Å². The standard InChI is InChI=1S/C18H24BrNO2/c1-4-5-6-9-18(11-19)10-12-7-8-13-14(15(12)22-18)17(2,3)16(21)20-13/h7-8H,4-6,9-11H2,1-3H3,(H,20,21). The van der Waals surface area contributed by atoms with Crippen molar-refractivity contribution in [2.75, 3.05) is 10.6 Å². The number of alkyl halides is 1. The number of carbonyl (C=O) groups is 1. The molecule has 2 aliphatic heterocycles. The van der Waals surface area contributed by atoms with Crippen molar-refractivity contribution in [2.24, 2.45) is 0 Å². The van der Waals surface area contributed by atoms with Gasteiger partial charge in [-0.15, -0.1) is 0 Å². The van der Waals surface area contributed by atoms with Gasteiger partial charge in [0.05, 0.1) is 5.41 Å². The number of ether oxygens (including phenoxy) is 1. The number of carbonyl (C=O) groups excluding carboxylic acids is 1. The van der Waals surface area contributed by atoms with Gasteiger partial charge >= 0.3 is 0 Å². The molecular formula is C18H24BrNO2. The summed E-state index contributed by atoms with van der Waals surface area (Å²) in [6.07, 6.45) is 5.61.